The molecule has 0 bridgehead atoms. The normalized spacial score (nSPS) is 18.6. The molecule has 0 aliphatic carbocycles. The maximum absolute atomic E-state index is 13.1. The minimum Gasteiger partial charge on any atom is -0.482 e. The van der Waals surface area contributed by atoms with E-state index in [1.54, 1.807) is 19.2 Å². The second-order valence-corrected chi connectivity index (χ2v) is 8.97. The fraction of sp³-hybridized carbons (Fsp3) is 0.350. The van der Waals surface area contributed by atoms with Crippen molar-refractivity contribution in [2.24, 2.45) is 0 Å². The van der Waals surface area contributed by atoms with Crippen LogP contribution in [-0.2, 0) is 21.4 Å². The van der Waals surface area contributed by atoms with E-state index in [2.05, 4.69) is 17.0 Å². The summed E-state index contributed by atoms with van der Waals surface area (Å²) in [6.07, 6.45) is 0. The van der Waals surface area contributed by atoms with Crippen molar-refractivity contribution in [3.05, 3.63) is 54.1 Å². The molecule has 148 valence electrons. The molecular weight excluding hydrogens is 378 g/mol. The minimum atomic E-state index is -3.62. The van der Waals surface area contributed by atoms with E-state index in [1.807, 2.05) is 18.2 Å². The van der Waals surface area contributed by atoms with E-state index in [0.717, 1.165) is 6.54 Å². The van der Waals surface area contributed by atoms with Crippen molar-refractivity contribution in [3.8, 4) is 5.75 Å². The number of hydrogen-bond acceptors (Lipinski definition) is 5. The Morgan fingerprint density at radius 2 is 1.71 bits per heavy atom. The quantitative estimate of drug-likeness (QED) is 0.778. The lowest BCUT2D eigenvalue weighted by atomic mass is 10.2. The van der Waals surface area contributed by atoms with Crippen molar-refractivity contribution in [2.45, 2.75) is 11.4 Å². The van der Waals surface area contributed by atoms with Gasteiger partial charge >= 0.3 is 0 Å². The molecule has 7 nitrogen and oxygen atoms in total. The molecule has 1 saturated heterocycles. The van der Waals surface area contributed by atoms with Gasteiger partial charge in [0.25, 0.3) is 5.91 Å². The Balaban J connectivity index is 1.47. The van der Waals surface area contributed by atoms with E-state index in [1.165, 1.54) is 20.8 Å². The molecule has 1 amide bonds. The van der Waals surface area contributed by atoms with Crippen LogP contribution in [0.1, 0.15) is 5.56 Å². The van der Waals surface area contributed by atoms with Gasteiger partial charge in [-0.15, -0.1) is 0 Å². The predicted octanol–water partition coefficient (Wildman–Crippen LogP) is 1.55. The lowest BCUT2D eigenvalue weighted by Gasteiger charge is -2.34. The predicted molar refractivity (Wildman–Crippen MR) is 106 cm³/mol. The maximum Gasteiger partial charge on any atom is 0.264 e. The van der Waals surface area contributed by atoms with Crippen LogP contribution in [0.3, 0.4) is 0 Å². The van der Waals surface area contributed by atoms with Crippen molar-refractivity contribution in [1.29, 1.82) is 0 Å². The van der Waals surface area contributed by atoms with Crippen LogP contribution < -0.4 is 9.64 Å². The lowest BCUT2D eigenvalue weighted by molar-refractivity contribution is -0.120. The first-order valence-corrected chi connectivity index (χ1v) is 10.7. The number of carbonyl (C=O) groups is 1. The second kappa shape index (κ2) is 7.54. The lowest BCUT2D eigenvalue weighted by Crippen LogP contribution is -2.48. The van der Waals surface area contributed by atoms with Gasteiger partial charge in [-0.2, -0.15) is 4.31 Å². The highest BCUT2D eigenvalue weighted by atomic mass is 32.2. The summed E-state index contributed by atoms with van der Waals surface area (Å²) in [6, 6.07) is 14.9. The number of rotatable bonds is 4. The van der Waals surface area contributed by atoms with Gasteiger partial charge in [0, 0.05) is 39.8 Å². The summed E-state index contributed by atoms with van der Waals surface area (Å²) >= 11 is 0. The van der Waals surface area contributed by atoms with Crippen molar-refractivity contribution < 1.29 is 17.9 Å². The van der Waals surface area contributed by atoms with E-state index < -0.39 is 10.0 Å². The third-order valence-corrected chi connectivity index (χ3v) is 7.13. The van der Waals surface area contributed by atoms with Crippen LogP contribution in [0.15, 0.2) is 53.4 Å². The molecule has 0 aromatic heterocycles. The van der Waals surface area contributed by atoms with E-state index in [9.17, 15) is 13.2 Å². The highest BCUT2D eigenvalue weighted by Crippen LogP contribution is 2.34. The summed E-state index contributed by atoms with van der Waals surface area (Å²) in [5.41, 5.74) is 1.71. The number of benzene rings is 2. The van der Waals surface area contributed by atoms with Gasteiger partial charge in [0.2, 0.25) is 10.0 Å². The van der Waals surface area contributed by atoms with Gasteiger partial charge < -0.3 is 9.64 Å². The SMILES string of the molecule is CN1C(=O)COc2ccc(S(=O)(=O)N3CCN(Cc4ccccc4)CC3)cc21. The average molecular weight is 401 g/mol. The first kappa shape index (κ1) is 18.9. The highest BCUT2D eigenvalue weighted by molar-refractivity contribution is 7.89. The number of likely N-dealkylation sites (N-methyl/N-ethyl adjacent to an activating group) is 1. The van der Waals surface area contributed by atoms with Gasteiger partial charge in [0.1, 0.15) is 5.75 Å². The Hall–Kier alpha value is -2.42. The van der Waals surface area contributed by atoms with Crippen LogP contribution in [0.25, 0.3) is 0 Å². The van der Waals surface area contributed by atoms with E-state index in [4.69, 9.17) is 4.74 Å². The number of piperazine rings is 1. The summed E-state index contributed by atoms with van der Waals surface area (Å²) in [5.74, 6) is 0.324. The second-order valence-electron chi connectivity index (χ2n) is 7.04. The van der Waals surface area contributed by atoms with Crippen LogP contribution >= 0.6 is 0 Å². The summed E-state index contributed by atoms with van der Waals surface area (Å²) in [7, 11) is -1.99. The van der Waals surface area contributed by atoms with Gasteiger partial charge in [-0.25, -0.2) is 8.42 Å². The van der Waals surface area contributed by atoms with Crippen LogP contribution in [0.5, 0.6) is 5.75 Å². The number of nitrogens with zero attached hydrogens (tertiary/aromatic N) is 3. The Morgan fingerprint density at radius 1 is 1.00 bits per heavy atom. The Kier molecular flexibility index (Phi) is 5.09. The van der Waals surface area contributed by atoms with E-state index in [-0.39, 0.29) is 17.4 Å². The molecule has 0 saturated carbocycles. The van der Waals surface area contributed by atoms with Gasteiger partial charge in [-0.05, 0) is 23.8 Å². The molecule has 4 rings (SSSR count). The molecule has 2 heterocycles. The van der Waals surface area contributed by atoms with Gasteiger partial charge in [-0.1, -0.05) is 30.3 Å². The van der Waals surface area contributed by atoms with Crippen molar-refractivity contribution >= 4 is 21.6 Å². The zero-order valence-corrected chi connectivity index (χ0v) is 16.6. The Morgan fingerprint density at radius 3 is 2.43 bits per heavy atom. The summed E-state index contributed by atoms with van der Waals surface area (Å²) < 4.78 is 33.1. The molecule has 0 atom stereocenters. The maximum atomic E-state index is 13.1. The molecular formula is C20H23N3O4S. The summed E-state index contributed by atoms with van der Waals surface area (Å²) in [6.45, 7) is 3.03. The molecule has 8 heteroatoms. The van der Waals surface area contributed by atoms with Gasteiger partial charge in [0.05, 0.1) is 10.6 Å². The van der Waals surface area contributed by atoms with Gasteiger partial charge in [0.15, 0.2) is 6.61 Å². The molecule has 28 heavy (non-hydrogen) atoms. The standard InChI is InChI=1S/C20H23N3O4S/c1-21-18-13-17(7-8-19(18)27-15-20(21)24)28(25,26)23-11-9-22(10-12-23)14-16-5-3-2-4-6-16/h2-8,13H,9-12,14-15H2,1H3. The number of hydrogen-bond donors (Lipinski definition) is 0. The minimum absolute atomic E-state index is 0.0288. The monoisotopic (exact) mass is 401 g/mol. The van der Waals surface area contributed by atoms with E-state index in [0.29, 0.717) is 37.6 Å². The van der Waals surface area contributed by atoms with E-state index >= 15 is 0 Å². The molecule has 2 aromatic carbocycles. The molecule has 1 fully saturated rings. The molecule has 0 spiro atoms. The fourth-order valence-electron chi connectivity index (χ4n) is 3.53. The zero-order valence-electron chi connectivity index (χ0n) is 15.7. The van der Waals surface area contributed by atoms with Crippen molar-refractivity contribution in [3.63, 3.8) is 0 Å². The summed E-state index contributed by atoms with van der Waals surface area (Å²) in [4.78, 5) is 15.7. The summed E-state index contributed by atoms with van der Waals surface area (Å²) in [5, 5.41) is 0. The van der Waals surface area contributed by atoms with Crippen LogP contribution in [0.2, 0.25) is 0 Å². The molecule has 2 aliphatic rings. The average Bonchev–Trinajstić information content (AvgIpc) is 2.72. The number of ether oxygens (including phenoxy) is 1. The van der Waals surface area contributed by atoms with Gasteiger partial charge in [-0.3, -0.25) is 9.69 Å². The molecule has 2 aromatic rings. The number of sulfonamides is 1. The molecule has 0 unspecified atom stereocenters. The zero-order chi connectivity index (χ0) is 19.7. The topological polar surface area (TPSA) is 70.2 Å². The molecule has 0 radical (unpaired) electrons. The van der Waals surface area contributed by atoms with Crippen LogP contribution in [0, 0.1) is 0 Å². The first-order chi connectivity index (χ1) is 13.4. The third kappa shape index (κ3) is 3.63. The Bertz CT molecular complexity index is 970. The highest BCUT2D eigenvalue weighted by Gasteiger charge is 2.31. The smallest absolute Gasteiger partial charge is 0.264 e. The number of fused-ring (bicyclic) bond motifs is 1. The molecule has 0 N–H and O–H groups in total. The van der Waals surface area contributed by atoms with Crippen molar-refractivity contribution in [1.82, 2.24) is 9.21 Å². The van der Waals surface area contributed by atoms with Crippen LogP contribution in [0.4, 0.5) is 5.69 Å². The fourth-order valence-corrected chi connectivity index (χ4v) is 4.97. The largest absolute Gasteiger partial charge is 0.482 e. The number of carbonyl (C=O) groups excluding carboxylic acids is 1. The van der Waals surface area contributed by atoms with Crippen LogP contribution in [-0.4, -0.2) is 63.4 Å². The number of amides is 1. The number of anilines is 1. The Labute approximate surface area is 165 Å². The molecule has 2 aliphatic heterocycles. The van der Waals surface area contributed by atoms with Crippen molar-refractivity contribution in [2.75, 3.05) is 44.7 Å². The first-order valence-electron chi connectivity index (χ1n) is 9.25. The third-order valence-electron chi connectivity index (χ3n) is 5.24.